The molecule has 1 aromatic heterocycles. The molecule has 0 saturated heterocycles. The molecule has 1 aliphatic rings. The first-order chi connectivity index (χ1) is 13.4. The van der Waals surface area contributed by atoms with E-state index < -0.39 is 0 Å². The number of fused-ring (bicyclic) bond motifs is 1. The van der Waals surface area contributed by atoms with Crippen LogP contribution in [0.1, 0.15) is 33.6 Å². The van der Waals surface area contributed by atoms with Gasteiger partial charge in [-0.15, -0.1) is 0 Å². The van der Waals surface area contributed by atoms with Gasteiger partial charge in [0.2, 0.25) is 5.91 Å². The number of benzene rings is 1. The van der Waals surface area contributed by atoms with Crippen LogP contribution in [0.2, 0.25) is 0 Å². The molecule has 9 nitrogen and oxygen atoms in total. The average Bonchev–Trinajstić information content (AvgIpc) is 2.93. The molecule has 28 heavy (non-hydrogen) atoms. The fourth-order valence-corrected chi connectivity index (χ4v) is 2.94. The molecule has 0 saturated carbocycles. The van der Waals surface area contributed by atoms with E-state index in [1.807, 2.05) is 0 Å². The quantitative estimate of drug-likeness (QED) is 0.724. The Morgan fingerprint density at radius 1 is 1.18 bits per heavy atom. The van der Waals surface area contributed by atoms with Crippen molar-refractivity contribution < 1.29 is 19.1 Å². The minimum Gasteiger partial charge on any atom is -0.467 e. The van der Waals surface area contributed by atoms with Gasteiger partial charge in [-0.1, -0.05) is 12.1 Å². The third kappa shape index (κ3) is 3.78. The number of carbonyl (C=O) groups excluding carboxylic acids is 3. The Bertz CT molecular complexity index is 893. The molecule has 9 heteroatoms. The van der Waals surface area contributed by atoms with Gasteiger partial charge >= 0.3 is 6.01 Å². The second kappa shape index (κ2) is 8.03. The maximum atomic E-state index is 12.3. The van der Waals surface area contributed by atoms with Crippen molar-refractivity contribution in [2.24, 2.45) is 0 Å². The molecular weight excluding hydrogens is 362 g/mol. The summed E-state index contributed by atoms with van der Waals surface area (Å²) in [6.45, 7) is 0.180. The standard InChI is InChI=1S/C19H21N5O4/c1-23(2)16-14(11-20-19(22-16)28-3)21-15(25)9-6-10-24-17(26)12-7-4-5-8-13(12)18(24)27/h4-5,7-8,11H,6,9-10H2,1-3H3,(H,21,25). The third-order valence-electron chi connectivity index (χ3n) is 4.29. The predicted octanol–water partition coefficient (Wildman–Crippen LogP) is 1.57. The van der Waals surface area contributed by atoms with Crippen LogP contribution in [-0.2, 0) is 4.79 Å². The summed E-state index contributed by atoms with van der Waals surface area (Å²) in [7, 11) is 5.05. The number of imide groups is 1. The highest BCUT2D eigenvalue weighted by Gasteiger charge is 2.34. The largest absolute Gasteiger partial charge is 0.467 e. The number of rotatable bonds is 7. The SMILES string of the molecule is COc1ncc(NC(=O)CCCN2C(=O)c3ccccc3C2=O)c(N(C)C)n1. The maximum absolute atomic E-state index is 12.3. The van der Waals surface area contributed by atoms with Crippen LogP contribution >= 0.6 is 0 Å². The maximum Gasteiger partial charge on any atom is 0.318 e. The molecule has 1 aliphatic heterocycles. The summed E-state index contributed by atoms with van der Waals surface area (Å²) in [4.78, 5) is 48.1. The molecule has 0 aliphatic carbocycles. The van der Waals surface area contributed by atoms with Crippen molar-refractivity contribution in [2.45, 2.75) is 12.8 Å². The smallest absolute Gasteiger partial charge is 0.318 e. The number of amides is 3. The summed E-state index contributed by atoms with van der Waals surface area (Å²) in [6.07, 6.45) is 1.97. The van der Waals surface area contributed by atoms with Gasteiger partial charge in [-0.05, 0) is 18.6 Å². The Morgan fingerprint density at radius 2 is 1.82 bits per heavy atom. The van der Waals surface area contributed by atoms with Crippen molar-refractivity contribution in [3.63, 3.8) is 0 Å². The second-order valence-corrected chi connectivity index (χ2v) is 6.45. The molecule has 2 heterocycles. The van der Waals surface area contributed by atoms with E-state index in [9.17, 15) is 14.4 Å². The van der Waals surface area contributed by atoms with Gasteiger partial charge in [0.25, 0.3) is 11.8 Å². The summed E-state index contributed by atoms with van der Waals surface area (Å²) < 4.78 is 5.00. The third-order valence-corrected chi connectivity index (χ3v) is 4.29. The van der Waals surface area contributed by atoms with Crippen LogP contribution in [0.25, 0.3) is 0 Å². The van der Waals surface area contributed by atoms with Gasteiger partial charge in [-0.25, -0.2) is 4.98 Å². The van der Waals surface area contributed by atoms with Crippen molar-refractivity contribution in [3.05, 3.63) is 41.6 Å². The van der Waals surface area contributed by atoms with Crippen molar-refractivity contribution in [3.8, 4) is 6.01 Å². The van der Waals surface area contributed by atoms with Gasteiger partial charge in [-0.2, -0.15) is 4.98 Å². The zero-order valence-corrected chi connectivity index (χ0v) is 15.9. The van der Waals surface area contributed by atoms with Crippen molar-refractivity contribution >= 4 is 29.2 Å². The number of hydrogen-bond acceptors (Lipinski definition) is 7. The van der Waals surface area contributed by atoms with E-state index in [1.165, 1.54) is 18.2 Å². The molecule has 0 spiro atoms. The summed E-state index contributed by atoms with van der Waals surface area (Å²) in [5, 5.41) is 2.76. The minimum atomic E-state index is -0.320. The molecule has 0 bridgehead atoms. The topological polar surface area (TPSA) is 105 Å². The van der Waals surface area contributed by atoms with Crippen LogP contribution in [0.15, 0.2) is 30.5 Å². The summed E-state index contributed by atoms with van der Waals surface area (Å²) >= 11 is 0. The number of ether oxygens (including phenoxy) is 1. The van der Waals surface area contributed by atoms with E-state index in [2.05, 4.69) is 15.3 Å². The lowest BCUT2D eigenvalue weighted by atomic mass is 10.1. The lowest BCUT2D eigenvalue weighted by molar-refractivity contribution is -0.116. The zero-order valence-electron chi connectivity index (χ0n) is 15.9. The van der Waals surface area contributed by atoms with E-state index in [4.69, 9.17) is 4.74 Å². The van der Waals surface area contributed by atoms with E-state index in [0.29, 0.717) is 29.1 Å². The van der Waals surface area contributed by atoms with Gasteiger partial charge < -0.3 is 15.0 Å². The molecule has 146 valence electrons. The van der Waals surface area contributed by atoms with E-state index in [1.54, 1.807) is 43.3 Å². The number of carbonyl (C=O) groups is 3. The number of aromatic nitrogens is 2. The van der Waals surface area contributed by atoms with Crippen LogP contribution in [0.4, 0.5) is 11.5 Å². The van der Waals surface area contributed by atoms with E-state index >= 15 is 0 Å². The Balaban J connectivity index is 1.58. The normalized spacial score (nSPS) is 12.8. The summed E-state index contributed by atoms with van der Waals surface area (Å²) in [5.74, 6) is -0.382. The molecule has 0 fully saturated rings. The van der Waals surface area contributed by atoms with Crippen molar-refractivity contribution in [1.82, 2.24) is 14.9 Å². The predicted molar refractivity (Wildman–Crippen MR) is 103 cm³/mol. The first kappa shape index (κ1) is 19.3. The van der Waals surface area contributed by atoms with Crippen LogP contribution in [0.3, 0.4) is 0 Å². The van der Waals surface area contributed by atoms with E-state index in [0.717, 1.165) is 0 Å². The van der Waals surface area contributed by atoms with Crippen LogP contribution < -0.4 is 15.0 Å². The number of nitrogens with zero attached hydrogens (tertiary/aromatic N) is 4. The highest BCUT2D eigenvalue weighted by Crippen LogP contribution is 2.24. The van der Waals surface area contributed by atoms with Gasteiger partial charge in [-0.3, -0.25) is 19.3 Å². The molecule has 3 amide bonds. The molecule has 0 unspecified atom stereocenters. The fraction of sp³-hybridized carbons (Fsp3) is 0.316. The summed E-state index contributed by atoms with van der Waals surface area (Å²) in [5.41, 5.74) is 1.27. The zero-order chi connectivity index (χ0) is 20.3. The highest BCUT2D eigenvalue weighted by atomic mass is 16.5. The van der Waals surface area contributed by atoms with Gasteiger partial charge in [0, 0.05) is 27.1 Å². The first-order valence-corrected chi connectivity index (χ1v) is 8.75. The van der Waals surface area contributed by atoms with Gasteiger partial charge in [0.05, 0.1) is 24.4 Å². The van der Waals surface area contributed by atoms with Crippen LogP contribution in [-0.4, -0.2) is 60.3 Å². The lowest BCUT2D eigenvalue weighted by Gasteiger charge is -2.17. The number of anilines is 2. The Kier molecular flexibility index (Phi) is 5.53. The first-order valence-electron chi connectivity index (χ1n) is 8.75. The monoisotopic (exact) mass is 383 g/mol. The van der Waals surface area contributed by atoms with Gasteiger partial charge in [0.15, 0.2) is 5.82 Å². The molecule has 0 radical (unpaired) electrons. The number of nitrogens with one attached hydrogen (secondary N) is 1. The average molecular weight is 383 g/mol. The number of methoxy groups -OCH3 is 1. The summed E-state index contributed by atoms with van der Waals surface area (Å²) in [6, 6.07) is 6.91. The molecule has 2 aromatic rings. The molecule has 1 N–H and O–H groups in total. The highest BCUT2D eigenvalue weighted by molar-refractivity contribution is 6.21. The Labute approximate surface area is 162 Å². The van der Waals surface area contributed by atoms with E-state index in [-0.39, 0.29) is 36.7 Å². The molecule has 0 atom stereocenters. The van der Waals surface area contributed by atoms with Crippen molar-refractivity contribution in [1.29, 1.82) is 0 Å². The lowest BCUT2D eigenvalue weighted by Crippen LogP contribution is -2.31. The molecule has 3 rings (SSSR count). The molecule has 1 aromatic carbocycles. The van der Waals surface area contributed by atoms with Crippen LogP contribution in [0.5, 0.6) is 6.01 Å². The number of hydrogen-bond donors (Lipinski definition) is 1. The van der Waals surface area contributed by atoms with Gasteiger partial charge in [0.1, 0.15) is 5.69 Å². The Hall–Kier alpha value is -3.49. The van der Waals surface area contributed by atoms with Crippen molar-refractivity contribution in [2.75, 3.05) is 38.0 Å². The fourth-order valence-electron chi connectivity index (χ4n) is 2.94. The molecular formula is C19H21N5O4. The Morgan fingerprint density at radius 3 is 2.39 bits per heavy atom. The second-order valence-electron chi connectivity index (χ2n) is 6.45. The minimum absolute atomic E-state index is 0.145. The van der Waals surface area contributed by atoms with Crippen LogP contribution in [0, 0.1) is 0 Å².